The molecule has 0 heterocycles. The van der Waals surface area contributed by atoms with Gasteiger partial charge >= 0.3 is 0 Å². The van der Waals surface area contributed by atoms with Crippen LogP contribution in [0.15, 0.2) is 18.7 Å². The first kappa shape index (κ1) is 8.78. The standard InChI is InChI=1S/C10H12FN/c1-6(2)8-5-9(11)7(3)4-10(8)12/h4-5H,1,12H2,2-3H3. The zero-order chi connectivity index (χ0) is 9.30. The van der Waals surface area contributed by atoms with Crippen LogP contribution >= 0.6 is 0 Å². The summed E-state index contributed by atoms with van der Waals surface area (Å²) in [5.41, 5.74) is 8.29. The van der Waals surface area contributed by atoms with Crippen LogP contribution in [0.2, 0.25) is 0 Å². The van der Waals surface area contributed by atoms with Gasteiger partial charge in [-0.05, 0) is 37.1 Å². The lowest BCUT2D eigenvalue weighted by Crippen LogP contribution is -1.95. The second-order valence-corrected chi connectivity index (χ2v) is 2.97. The van der Waals surface area contributed by atoms with Gasteiger partial charge in [-0.2, -0.15) is 0 Å². The van der Waals surface area contributed by atoms with E-state index in [9.17, 15) is 4.39 Å². The minimum Gasteiger partial charge on any atom is -0.398 e. The molecule has 0 spiro atoms. The highest BCUT2D eigenvalue weighted by molar-refractivity contribution is 5.72. The Hall–Kier alpha value is -1.31. The third-order valence-corrected chi connectivity index (χ3v) is 1.79. The van der Waals surface area contributed by atoms with Gasteiger partial charge in [0.05, 0.1) is 0 Å². The molecule has 1 nitrogen and oxygen atoms in total. The number of anilines is 1. The molecule has 12 heavy (non-hydrogen) atoms. The van der Waals surface area contributed by atoms with Crippen LogP contribution in [0.1, 0.15) is 18.1 Å². The molecule has 0 unspecified atom stereocenters. The smallest absolute Gasteiger partial charge is 0.126 e. The number of rotatable bonds is 1. The molecule has 0 amide bonds. The maximum absolute atomic E-state index is 13.0. The van der Waals surface area contributed by atoms with Gasteiger partial charge in [0, 0.05) is 11.3 Å². The third-order valence-electron chi connectivity index (χ3n) is 1.79. The highest BCUT2D eigenvalue weighted by Gasteiger charge is 2.04. The highest BCUT2D eigenvalue weighted by Crippen LogP contribution is 2.22. The third kappa shape index (κ3) is 1.47. The monoisotopic (exact) mass is 165 g/mol. The Morgan fingerprint density at radius 2 is 2.08 bits per heavy atom. The molecule has 1 aromatic carbocycles. The van der Waals surface area contributed by atoms with Crippen LogP contribution in [-0.2, 0) is 0 Å². The summed E-state index contributed by atoms with van der Waals surface area (Å²) in [6.45, 7) is 7.20. The molecule has 0 aliphatic heterocycles. The lowest BCUT2D eigenvalue weighted by Gasteiger charge is -2.06. The van der Waals surface area contributed by atoms with Crippen molar-refractivity contribution < 1.29 is 4.39 Å². The van der Waals surface area contributed by atoms with Crippen molar-refractivity contribution in [2.24, 2.45) is 0 Å². The summed E-state index contributed by atoms with van der Waals surface area (Å²) in [6.07, 6.45) is 0. The van der Waals surface area contributed by atoms with Gasteiger partial charge in [-0.15, -0.1) is 0 Å². The molecule has 0 aromatic heterocycles. The molecule has 0 aliphatic rings. The number of allylic oxidation sites excluding steroid dienone is 1. The van der Waals surface area contributed by atoms with Crippen molar-refractivity contribution in [3.05, 3.63) is 35.7 Å². The van der Waals surface area contributed by atoms with E-state index in [0.717, 1.165) is 5.57 Å². The second-order valence-electron chi connectivity index (χ2n) is 2.97. The molecular formula is C10H12FN. The van der Waals surface area contributed by atoms with Crippen LogP contribution in [0.4, 0.5) is 10.1 Å². The molecule has 0 saturated heterocycles. The number of benzene rings is 1. The topological polar surface area (TPSA) is 26.0 Å². The molecule has 1 aromatic rings. The van der Waals surface area contributed by atoms with Crippen molar-refractivity contribution in [1.82, 2.24) is 0 Å². The molecular weight excluding hydrogens is 153 g/mol. The molecule has 0 atom stereocenters. The largest absolute Gasteiger partial charge is 0.398 e. The van der Waals surface area contributed by atoms with E-state index >= 15 is 0 Å². The maximum Gasteiger partial charge on any atom is 0.126 e. The van der Waals surface area contributed by atoms with E-state index in [0.29, 0.717) is 16.8 Å². The predicted octanol–water partition coefficient (Wildman–Crippen LogP) is 2.75. The SMILES string of the molecule is C=C(C)c1cc(F)c(C)cc1N. The normalized spacial score (nSPS) is 9.92. The molecule has 0 bridgehead atoms. The van der Waals surface area contributed by atoms with Gasteiger partial charge in [0.15, 0.2) is 0 Å². The fourth-order valence-corrected chi connectivity index (χ4v) is 1.07. The average molecular weight is 165 g/mol. The Balaban J connectivity index is 3.33. The first-order valence-electron chi connectivity index (χ1n) is 3.74. The van der Waals surface area contributed by atoms with E-state index in [1.54, 1.807) is 19.9 Å². The minimum absolute atomic E-state index is 0.234. The fraction of sp³-hybridized carbons (Fsp3) is 0.200. The summed E-state index contributed by atoms with van der Waals surface area (Å²) < 4.78 is 13.0. The zero-order valence-corrected chi connectivity index (χ0v) is 7.32. The van der Waals surface area contributed by atoms with Crippen LogP contribution in [0, 0.1) is 12.7 Å². The summed E-state index contributed by atoms with van der Waals surface area (Å²) in [5.74, 6) is -0.234. The van der Waals surface area contributed by atoms with Crippen LogP contribution in [-0.4, -0.2) is 0 Å². The molecule has 2 heteroatoms. The van der Waals surface area contributed by atoms with E-state index in [-0.39, 0.29) is 5.82 Å². The van der Waals surface area contributed by atoms with Crippen LogP contribution in [0.25, 0.3) is 5.57 Å². The average Bonchev–Trinajstić information content (AvgIpc) is 1.96. The summed E-state index contributed by atoms with van der Waals surface area (Å²) in [6, 6.07) is 3.05. The van der Waals surface area contributed by atoms with E-state index in [1.807, 2.05) is 0 Å². The lowest BCUT2D eigenvalue weighted by molar-refractivity contribution is 0.618. The fourth-order valence-electron chi connectivity index (χ4n) is 1.07. The van der Waals surface area contributed by atoms with Gasteiger partial charge < -0.3 is 5.73 Å². The summed E-state index contributed by atoms with van der Waals surface area (Å²) >= 11 is 0. The molecule has 0 aliphatic carbocycles. The van der Waals surface area contributed by atoms with Crippen molar-refractivity contribution in [2.45, 2.75) is 13.8 Å². The quantitative estimate of drug-likeness (QED) is 0.636. The molecule has 0 saturated carbocycles. The van der Waals surface area contributed by atoms with E-state index in [1.165, 1.54) is 6.07 Å². The number of nitrogen functional groups attached to an aromatic ring is 1. The molecule has 1 rings (SSSR count). The molecule has 0 radical (unpaired) electrons. The van der Waals surface area contributed by atoms with Gasteiger partial charge in [0.1, 0.15) is 5.82 Å². The molecule has 2 N–H and O–H groups in total. The van der Waals surface area contributed by atoms with E-state index < -0.39 is 0 Å². The summed E-state index contributed by atoms with van der Waals surface area (Å²) in [7, 11) is 0. The number of nitrogens with two attached hydrogens (primary N) is 1. The van der Waals surface area contributed by atoms with Crippen LogP contribution in [0.5, 0.6) is 0 Å². The molecule has 64 valence electrons. The summed E-state index contributed by atoms with van der Waals surface area (Å²) in [4.78, 5) is 0. The number of hydrogen-bond donors (Lipinski definition) is 1. The number of halogens is 1. The van der Waals surface area contributed by atoms with Crippen molar-refractivity contribution in [2.75, 3.05) is 5.73 Å². The Kier molecular flexibility index (Phi) is 2.18. The Labute approximate surface area is 71.7 Å². The van der Waals surface area contributed by atoms with Crippen molar-refractivity contribution in [3.8, 4) is 0 Å². The zero-order valence-electron chi connectivity index (χ0n) is 7.32. The summed E-state index contributed by atoms with van der Waals surface area (Å²) in [5, 5.41) is 0. The first-order chi connectivity index (χ1) is 5.52. The van der Waals surface area contributed by atoms with Gasteiger partial charge in [0.2, 0.25) is 0 Å². The van der Waals surface area contributed by atoms with Crippen molar-refractivity contribution in [3.63, 3.8) is 0 Å². The second kappa shape index (κ2) is 2.97. The Bertz CT molecular complexity index is 329. The van der Waals surface area contributed by atoms with Crippen molar-refractivity contribution >= 4 is 11.3 Å². The maximum atomic E-state index is 13.0. The Morgan fingerprint density at radius 3 is 2.58 bits per heavy atom. The Morgan fingerprint density at radius 1 is 1.50 bits per heavy atom. The van der Waals surface area contributed by atoms with Crippen LogP contribution in [0.3, 0.4) is 0 Å². The molecule has 0 fully saturated rings. The number of hydrogen-bond acceptors (Lipinski definition) is 1. The van der Waals surface area contributed by atoms with Gasteiger partial charge in [-0.25, -0.2) is 4.39 Å². The van der Waals surface area contributed by atoms with Gasteiger partial charge in [-0.1, -0.05) is 6.58 Å². The van der Waals surface area contributed by atoms with E-state index in [2.05, 4.69) is 6.58 Å². The highest BCUT2D eigenvalue weighted by atomic mass is 19.1. The predicted molar refractivity (Wildman–Crippen MR) is 50.3 cm³/mol. The lowest BCUT2D eigenvalue weighted by atomic mass is 10.0. The van der Waals surface area contributed by atoms with Gasteiger partial charge in [-0.3, -0.25) is 0 Å². The van der Waals surface area contributed by atoms with E-state index in [4.69, 9.17) is 5.73 Å². The first-order valence-corrected chi connectivity index (χ1v) is 3.74. The van der Waals surface area contributed by atoms with Crippen LogP contribution < -0.4 is 5.73 Å². The van der Waals surface area contributed by atoms with Gasteiger partial charge in [0.25, 0.3) is 0 Å². The minimum atomic E-state index is -0.234. The van der Waals surface area contributed by atoms with Crippen molar-refractivity contribution in [1.29, 1.82) is 0 Å². The number of aryl methyl sites for hydroxylation is 1.